The molecule has 0 atom stereocenters. The van der Waals surface area contributed by atoms with Crippen molar-refractivity contribution >= 4 is 11.8 Å². The monoisotopic (exact) mass is 472 g/mol. The predicted octanol–water partition coefficient (Wildman–Crippen LogP) is 4.32. The van der Waals surface area contributed by atoms with Crippen molar-refractivity contribution in [3.8, 4) is 17.0 Å². The number of aryl methyl sites for hydroxylation is 1. The molecule has 0 saturated heterocycles. The number of carbonyl (C=O) groups excluding carboxylic acids is 1. The van der Waals surface area contributed by atoms with E-state index >= 15 is 0 Å². The highest BCUT2D eigenvalue weighted by atomic mass is 19.4. The molecule has 0 fully saturated rings. The summed E-state index contributed by atoms with van der Waals surface area (Å²) in [6.45, 7) is 6.44. The Morgan fingerprint density at radius 3 is 2.38 bits per heavy atom. The molecule has 34 heavy (non-hydrogen) atoms. The second kappa shape index (κ2) is 10.5. The summed E-state index contributed by atoms with van der Waals surface area (Å²) in [6.07, 6.45) is -2.13. The molecule has 0 bridgehead atoms. The van der Waals surface area contributed by atoms with Crippen molar-refractivity contribution in [3.05, 3.63) is 71.0 Å². The number of rotatable bonds is 9. The first-order chi connectivity index (χ1) is 16.1. The SMILES string of the molecule is CCCN(Cc1ccc(OCC(=O)[O-])c(C)c1)c1ncnc(-c2ccc(C(F)(F)F)cc2)c1C. The second-order valence-corrected chi connectivity index (χ2v) is 7.93. The van der Waals surface area contributed by atoms with E-state index in [0.29, 0.717) is 35.9 Å². The highest BCUT2D eigenvalue weighted by molar-refractivity contribution is 5.68. The summed E-state index contributed by atoms with van der Waals surface area (Å²) in [4.78, 5) is 21.5. The van der Waals surface area contributed by atoms with Crippen LogP contribution in [0.1, 0.15) is 35.6 Å². The molecule has 0 radical (unpaired) electrons. The molecule has 0 N–H and O–H groups in total. The molecule has 2 aromatic carbocycles. The maximum Gasteiger partial charge on any atom is 0.416 e. The molecule has 0 aliphatic heterocycles. The Labute approximate surface area is 196 Å². The van der Waals surface area contributed by atoms with Crippen molar-refractivity contribution in [3.63, 3.8) is 0 Å². The molecule has 0 saturated carbocycles. The van der Waals surface area contributed by atoms with E-state index in [1.54, 1.807) is 6.07 Å². The number of aliphatic carboxylic acids is 1. The molecule has 0 amide bonds. The van der Waals surface area contributed by atoms with E-state index in [-0.39, 0.29) is 0 Å². The van der Waals surface area contributed by atoms with Crippen molar-refractivity contribution in [2.45, 2.75) is 39.9 Å². The zero-order valence-electron chi connectivity index (χ0n) is 19.1. The molecule has 9 heteroatoms. The number of aromatic nitrogens is 2. The number of alkyl halides is 3. The molecule has 0 aliphatic rings. The summed E-state index contributed by atoms with van der Waals surface area (Å²) in [5, 5.41) is 10.6. The van der Waals surface area contributed by atoms with Crippen LogP contribution in [0.25, 0.3) is 11.3 Å². The van der Waals surface area contributed by atoms with E-state index in [9.17, 15) is 23.1 Å². The van der Waals surface area contributed by atoms with Crippen LogP contribution in [0.15, 0.2) is 48.8 Å². The van der Waals surface area contributed by atoms with Gasteiger partial charge in [0.15, 0.2) is 0 Å². The van der Waals surface area contributed by atoms with Gasteiger partial charge in [-0.25, -0.2) is 9.97 Å². The Balaban J connectivity index is 1.88. The van der Waals surface area contributed by atoms with Crippen LogP contribution < -0.4 is 14.7 Å². The number of hydrogen-bond donors (Lipinski definition) is 0. The van der Waals surface area contributed by atoms with E-state index < -0.39 is 24.3 Å². The number of benzene rings is 2. The number of ether oxygens (including phenoxy) is 1. The van der Waals surface area contributed by atoms with E-state index in [1.165, 1.54) is 18.5 Å². The molecule has 1 heterocycles. The van der Waals surface area contributed by atoms with E-state index in [0.717, 1.165) is 35.2 Å². The number of nitrogens with zero attached hydrogens (tertiary/aromatic N) is 3. The smallest absolute Gasteiger partial charge is 0.416 e. The number of carboxylic acid groups (broad SMARTS) is 1. The summed E-state index contributed by atoms with van der Waals surface area (Å²) < 4.78 is 44.0. The topological polar surface area (TPSA) is 78.4 Å². The van der Waals surface area contributed by atoms with Gasteiger partial charge in [0.05, 0.1) is 17.2 Å². The Bertz CT molecular complexity index is 1150. The Morgan fingerprint density at radius 1 is 1.09 bits per heavy atom. The summed E-state index contributed by atoms with van der Waals surface area (Å²) >= 11 is 0. The second-order valence-electron chi connectivity index (χ2n) is 7.93. The van der Waals surface area contributed by atoms with Crippen LogP contribution in [0.4, 0.5) is 19.0 Å². The quantitative estimate of drug-likeness (QED) is 0.462. The van der Waals surface area contributed by atoms with Crippen molar-refractivity contribution in [2.75, 3.05) is 18.1 Å². The molecule has 3 aromatic rings. The number of hydrogen-bond acceptors (Lipinski definition) is 6. The van der Waals surface area contributed by atoms with Gasteiger partial charge in [0.25, 0.3) is 0 Å². The Kier molecular flexibility index (Phi) is 7.75. The highest BCUT2D eigenvalue weighted by Crippen LogP contribution is 2.33. The third-order valence-corrected chi connectivity index (χ3v) is 5.29. The van der Waals surface area contributed by atoms with Crippen molar-refractivity contribution in [2.24, 2.45) is 0 Å². The van der Waals surface area contributed by atoms with E-state index in [1.807, 2.05) is 32.9 Å². The zero-order chi connectivity index (χ0) is 24.9. The average molecular weight is 472 g/mol. The molecule has 0 unspecified atom stereocenters. The fourth-order valence-corrected chi connectivity index (χ4v) is 3.73. The summed E-state index contributed by atoms with van der Waals surface area (Å²) in [7, 11) is 0. The first-order valence-electron chi connectivity index (χ1n) is 10.8. The molecular formula is C25H25F3N3O3-. The minimum Gasteiger partial charge on any atom is -0.546 e. The molecule has 180 valence electrons. The number of anilines is 1. The summed E-state index contributed by atoms with van der Waals surface area (Å²) in [5.41, 5.74) is 2.97. The van der Waals surface area contributed by atoms with Gasteiger partial charge in [0.1, 0.15) is 24.5 Å². The lowest BCUT2D eigenvalue weighted by atomic mass is 10.0. The Morgan fingerprint density at radius 2 is 1.79 bits per heavy atom. The van der Waals surface area contributed by atoms with Gasteiger partial charge in [-0.05, 0) is 49.6 Å². The summed E-state index contributed by atoms with van der Waals surface area (Å²) in [6, 6.07) is 10.4. The molecule has 0 aliphatic carbocycles. The summed E-state index contributed by atoms with van der Waals surface area (Å²) in [5.74, 6) is -0.125. The van der Waals surface area contributed by atoms with Crippen molar-refractivity contribution in [1.29, 1.82) is 0 Å². The third kappa shape index (κ3) is 6.03. The van der Waals surface area contributed by atoms with Gasteiger partial charge in [-0.3, -0.25) is 0 Å². The molecule has 0 spiro atoms. The number of carboxylic acids is 1. The van der Waals surface area contributed by atoms with Gasteiger partial charge in [-0.1, -0.05) is 31.2 Å². The predicted molar refractivity (Wildman–Crippen MR) is 120 cm³/mol. The first-order valence-corrected chi connectivity index (χ1v) is 10.8. The zero-order valence-corrected chi connectivity index (χ0v) is 19.1. The lowest BCUT2D eigenvalue weighted by Crippen LogP contribution is -2.29. The van der Waals surface area contributed by atoms with Crippen LogP contribution in [0, 0.1) is 13.8 Å². The lowest BCUT2D eigenvalue weighted by Gasteiger charge is -2.26. The van der Waals surface area contributed by atoms with Crippen molar-refractivity contribution in [1.82, 2.24) is 9.97 Å². The minimum atomic E-state index is -4.40. The van der Waals surface area contributed by atoms with Crippen molar-refractivity contribution < 1.29 is 27.8 Å². The van der Waals surface area contributed by atoms with E-state index in [4.69, 9.17) is 4.74 Å². The third-order valence-electron chi connectivity index (χ3n) is 5.29. The minimum absolute atomic E-state index is 0.470. The highest BCUT2D eigenvalue weighted by Gasteiger charge is 2.30. The standard InChI is InChI=1S/C25H26F3N3O3/c1-4-11-31(13-18-5-10-21(16(2)12-18)34-14-22(32)33)24-17(3)23(29-15-30-24)19-6-8-20(9-7-19)25(26,27)28/h5-10,12,15H,4,11,13-14H2,1-3H3,(H,32,33)/p-1. The van der Waals surface area contributed by atoms with Crippen LogP contribution in [-0.2, 0) is 17.5 Å². The molecule has 3 rings (SSSR count). The number of halogens is 3. The largest absolute Gasteiger partial charge is 0.546 e. The van der Waals surface area contributed by atoms with Gasteiger partial charge in [-0.15, -0.1) is 0 Å². The van der Waals surface area contributed by atoms with Crippen LogP contribution in [0.5, 0.6) is 5.75 Å². The maximum atomic E-state index is 12.9. The molecule has 1 aromatic heterocycles. The van der Waals surface area contributed by atoms with Crippen LogP contribution in [0.3, 0.4) is 0 Å². The molecule has 6 nitrogen and oxygen atoms in total. The fraction of sp³-hybridized carbons (Fsp3) is 0.320. The van der Waals surface area contributed by atoms with Gasteiger partial charge >= 0.3 is 6.18 Å². The van der Waals surface area contributed by atoms with E-state index in [2.05, 4.69) is 14.9 Å². The van der Waals surface area contributed by atoms with Crippen LogP contribution >= 0.6 is 0 Å². The van der Waals surface area contributed by atoms with Crippen LogP contribution in [0.2, 0.25) is 0 Å². The first kappa shape index (κ1) is 25.0. The fourth-order valence-electron chi connectivity index (χ4n) is 3.73. The lowest BCUT2D eigenvalue weighted by molar-refractivity contribution is -0.307. The molecular weight excluding hydrogens is 447 g/mol. The maximum absolute atomic E-state index is 12.9. The van der Waals surface area contributed by atoms with Crippen LogP contribution in [-0.4, -0.2) is 29.1 Å². The van der Waals surface area contributed by atoms with Gasteiger partial charge < -0.3 is 19.5 Å². The van der Waals surface area contributed by atoms with Gasteiger partial charge in [-0.2, -0.15) is 13.2 Å². The van der Waals surface area contributed by atoms with Gasteiger partial charge in [0.2, 0.25) is 0 Å². The number of carbonyl (C=O) groups is 1. The Hall–Kier alpha value is -3.62. The van der Waals surface area contributed by atoms with Gasteiger partial charge in [0, 0.05) is 24.2 Å². The average Bonchev–Trinajstić information content (AvgIpc) is 2.78. The normalized spacial score (nSPS) is 11.4.